The third-order valence-corrected chi connectivity index (χ3v) is 14.0. The number of likely N-dealkylation sites (tertiary alicyclic amines) is 1. The molecular weight excluding hydrogens is 669 g/mol. The number of para-hydroxylation sites is 2. The van der Waals surface area contributed by atoms with Crippen LogP contribution in [0, 0.1) is 18.6 Å². The number of fused-ring (bicyclic) bond motifs is 3. The monoisotopic (exact) mass is 715 g/mol. The van der Waals surface area contributed by atoms with Gasteiger partial charge in [0, 0.05) is 37.3 Å². The summed E-state index contributed by atoms with van der Waals surface area (Å²) in [5, 5.41) is 0. The molecule has 1 amide bonds. The van der Waals surface area contributed by atoms with Crippen LogP contribution in [0.2, 0.25) is 0 Å². The minimum absolute atomic E-state index is 0.0972. The first-order chi connectivity index (χ1) is 24.6. The Morgan fingerprint density at radius 1 is 0.902 bits per heavy atom. The number of hydrogen-bond donors (Lipinski definition) is 1. The lowest BCUT2D eigenvalue weighted by Gasteiger charge is -2.45. The maximum Gasteiger partial charge on any atom is 0.256 e. The standard InChI is InChI=1S/C40H47F2N5O3S/c1-27-43-37-11-4-5-12-38(37)47(27)33-24-31-13-14-32(25-33)46(31)22-19-40(28-7-6-8-29(41)23-28)17-20-45(21-18-40)39(48)35-26-34(15-16-36(35)42)51(49,50)44-30-9-2-3-10-30/h4-8,11-12,15-16,23,26,30-33,44H,2-3,9-10,13-14,17-22,24-25H2,1H3/t31-,32+,33?. The summed E-state index contributed by atoms with van der Waals surface area (Å²) in [5.74, 6) is -0.463. The zero-order chi connectivity index (χ0) is 35.3. The third kappa shape index (κ3) is 6.61. The maximum atomic E-state index is 15.1. The average molecular weight is 716 g/mol. The number of carbonyl (C=O) groups is 1. The molecule has 270 valence electrons. The molecule has 4 aliphatic rings. The summed E-state index contributed by atoms with van der Waals surface area (Å²) >= 11 is 0. The van der Waals surface area contributed by atoms with Gasteiger partial charge in [-0.25, -0.2) is 26.9 Å². The molecule has 3 aliphatic heterocycles. The Bertz CT molecular complexity index is 2020. The van der Waals surface area contributed by atoms with Crippen molar-refractivity contribution in [2.45, 2.75) is 112 Å². The van der Waals surface area contributed by atoms with E-state index in [0.29, 0.717) is 44.1 Å². The highest BCUT2D eigenvalue weighted by Gasteiger charge is 2.44. The molecule has 51 heavy (non-hydrogen) atoms. The van der Waals surface area contributed by atoms with Gasteiger partial charge in [-0.3, -0.25) is 9.69 Å². The molecule has 1 saturated carbocycles. The van der Waals surface area contributed by atoms with Crippen LogP contribution in [0.3, 0.4) is 0 Å². The molecule has 2 bridgehead atoms. The number of piperidine rings is 2. The molecule has 1 aliphatic carbocycles. The zero-order valence-corrected chi connectivity index (χ0v) is 30.1. The third-order valence-electron chi connectivity index (χ3n) is 12.4. The van der Waals surface area contributed by atoms with Crippen molar-refractivity contribution in [1.29, 1.82) is 0 Å². The number of sulfonamides is 1. The number of carbonyl (C=O) groups excluding carboxylic acids is 1. The second-order valence-electron chi connectivity index (χ2n) is 15.3. The fourth-order valence-electron chi connectivity index (χ4n) is 9.77. The van der Waals surface area contributed by atoms with E-state index in [1.54, 1.807) is 17.0 Å². The lowest BCUT2D eigenvalue weighted by Crippen LogP contribution is -2.49. The Kier molecular flexibility index (Phi) is 9.25. The van der Waals surface area contributed by atoms with Crippen LogP contribution in [-0.4, -0.2) is 71.4 Å². The van der Waals surface area contributed by atoms with Crippen LogP contribution >= 0.6 is 0 Å². The minimum atomic E-state index is -3.89. The molecule has 1 N–H and O–H groups in total. The number of amides is 1. The smallest absolute Gasteiger partial charge is 0.256 e. The first-order valence-electron chi connectivity index (χ1n) is 18.7. The van der Waals surface area contributed by atoms with Gasteiger partial charge in [-0.05, 0) is 125 Å². The van der Waals surface area contributed by atoms with Crippen molar-refractivity contribution in [2.24, 2.45) is 0 Å². The molecule has 8 rings (SSSR count). The van der Waals surface area contributed by atoms with Crippen LogP contribution in [0.4, 0.5) is 8.78 Å². The molecule has 1 unspecified atom stereocenters. The van der Waals surface area contributed by atoms with E-state index < -0.39 is 21.7 Å². The molecule has 0 radical (unpaired) electrons. The van der Waals surface area contributed by atoms with E-state index >= 15 is 4.39 Å². The van der Waals surface area contributed by atoms with Gasteiger partial charge >= 0.3 is 0 Å². The zero-order valence-electron chi connectivity index (χ0n) is 29.2. The summed E-state index contributed by atoms with van der Waals surface area (Å²) in [6, 6.07) is 19.9. The van der Waals surface area contributed by atoms with Crippen molar-refractivity contribution in [3.63, 3.8) is 0 Å². The highest BCUT2D eigenvalue weighted by atomic mass is 32.2. The molecule has 4 fully saturated rings. The molecule has 1 aromatic heterocycles. The number of halogens is 2. The van der Waals surface area contributed by atoms with Crippen molar-refractivity contribution < 1.29 is 22.0 Å². The van der Waals surface area contributed by atoms with Gasteiger partial charge in [-0.15, -0.1) is 0 Å². The van der Waals surface area contributed by atoms with Gasteiger partial charge in [0.25, 0.3) is 5.91 Å². The molecule has 11 heteroatoms. The van der Waals surface area contributed by atoms with E-state index in [1.165, 1.54) is 36.6 Å². The fraction of sp³-hybridized carbons (Fsp3) is 0.500. The van der Waals surface area contributed by atoms with E-state index in [1.807, 2.05) is 12.1 Å². The van der Waals surface area contributed by atoms with Crippen molar-refractivity contribution in [2.75, 3.05) is 19.6 Å². The SMILES string of the molecule is Cc1nc2ccccc2n1C1C[C@H]2CC[C@@H](C1)N2CCC1(c2cccc(F)c2)CCN(C(=O)c2cc(S(=O)(=O)NC3CCCC3)ccc2F)CC1. The predicted molar refractivity (Wildman–Crippen MR) is 193 cm³/mol. The van der Waals surface area contributed by atoms with Crippen molar-refractivity contribution in [3.8, 4) is 0 Å². The summed E-state index contributed by atoms with van der Waals surface area (Å²) in [6.07, 6.45) is 10.0. The van der Waals surface area contributed by atoms with Gasteiger partial charge in [-0.1, -0.05) is 37.1 Å². The van der Waals surface area contributed by atoms with E-state index in [9.17, 15) is 17.6 Å². The maximum absolute atomic E-state index is 15.1. The lowest BCUT2D eigenvalue weighted by molar-refractivity contribution is 0.0602. The van der Waals surface area contributed by atoms with Gasteiger partial charge in [-0.2, -0.15) is 0 Å². The van der Waals surface area contributed by atoms with Crippen molar-refractivity contribution >= 4 is 27.0 Å². The quantitative estimate of drug-likeness (QED) is 0.197. The Balaban J connectivity index is 0.976. The number of nitrogens with one attached hydrogen (secondary N) is 1. The van der Waals surface area contributed by atoms with Crippen LogP contribution in [0.25, 0.3) is 11.0 Å². The van der Waals surface area contributed by atoms with Gasteiger partial charge in [0.1, 0.15) is 17.5 Å². The topological polar surface area (TPSA) is 87.5 Å². The van der Waals surface area contributed by atoms with E-state index in [2.05, 4.69) is 39.3 Å². The number of hydrogen-bond acceptors (Lipinski definition) is 5. The molecule has 8 nitrogen and oxygen atoms in total. The van der Waals surface area contributed by atoms with Gasteiger partial charge in [0.15, 0.2) is 0 Å². The Hall–Kier alpha value is -3.67. The average Bonchev–Trinajstić information content (AvgIpc) is 3.82. The predicted octanol–water partition coefficient (Wildman–Crippen LogP) is 7.28. The summed E-state index contributed by atoms with van der Waals surface area (Å²) in [7, 11) is -3.89. The largest absolute Gasteiger partial charge is 0.338 e. The number of imidazole rings is 1. The molecule has 3 saturated heterocycles. The molecular formula is C40H47F2N5O3S. The summed E-state index contributed by atoms with van der Waals surface area (Å²) in [5.41, 5.74) is 2.61. The fourth-order valence-corrected chi connectivity index (χ4v) is 11.1. The van der Waals surface area contributed by atoms with E-state index in [0.717, 1.165) is 74.5 Å². The summed E-state index contributed by atoms with van der Waals surface area (Å²) in [4.78, 5) is 22.8. The number of rotatable bonds is 9. The van der Waals surface area contributed by atoms with Gasteiger partial charge < -0.3 is 9.47 Å². The number of aryl methyl sites for hydroxylation is 1. The van der Waals surface area contributed by atoms with Gasteiger partial charge in [0.05, 0.1) is 21.5 Å². The van der Waals surface area contributed by atoms with Crippen LogP contribution in [0.1, 0.15) is 98.4 Å². The van der Waals surface area contributed by atoms with Crippen LogP contribution in [0.15, 0.2) is 71.6 Å². The van der Waals surface area contributed by atoms with Crippen LogP contribution in [-0.2, 0) is 15.4 Å². The lowest BCUT2D eigenvalue weighted by atomic mass is 9.70. The number of nitrogens with zero attached hydrogens (tertiary/aromatic N) is 4. The summed E-state index contributed by atoms with van der Waals surface area (Å²) in [6.45, 7) is 3.73. The Labute approximate surface area is 299 Å². The first kappa shape index (κ1) is 34.4. The minimum Gasteiger partial charge on any atom is -0.338 e. The normalized spacial score (nSPS) is 24.1. The van der Waals surface area contributed by atoms with Gasteiger partial charge in [0.2, 0.25) is 10.0 Å². The molecule has 3 aromatic carbocycles. The Morgan fingerprint density at radius 3 is 2.35 bits per heavy atom. The van der Waals surface area contributed by atoms with E-state index in [-0.39, 0.29) is 27.7 Å². The first-order valence-corrected chi connectivity index (χ1v) is 20.2. The second-order valence-corrected chi connectivity index (χ2v) is 17.1. The highest BCUT2D eigenvalue weighted by Crippen LogP contribution is 2.45. The van der Waals surface area contributed by atoms with Crippen LogP contribution in [0.5, 0.6) is 0 Å². The number of benzene rings is 3. The molecule has 3 atom stereocenters. The van der Waals surface area contributed by atoms with Crippen molar-refractivity contribution in [3.05, 3.63) is 95.3 Å². The summed E-state index contributed by atoms with van der Waals surface area (Å²) < 4.78 is 61.2. The molecule has 4 aromatic rings. The highest BCUT2D eigenvalue weighted by molar-refractivity contribution is 7.89. The van der Waals surface area contributed by atoms with Crippen molar-refractivity contribution in [1.82, 2.24) is 24.1 Å². The molecule has 0 spiro atoms. The molecule has 4 heterocycles. The van der Waals surface area contributed by atoms with E-state index in [4.69, 9.17) is 4.98 Å². The Morgan fingerprint density at radius 2 is 1.63 bits per heavy atom. The van der Waals surface area contributed by atoms with Crippen LogP contribution < -0.4 is 4.72 Å². The number of aromatic nitrogens is 2. The second kappa shape index (κ2) is 13.7.